The maximum absolute atomic E-state index is 10.8. The van der Waals surface area contributed by atoms with Gasteiger partial charge in [-0.3, -0.25) is 4.79 Å². The molecule has 2 heterocycles. The van der Waals surface area contributed by atoms with Crippen LogP contribution >= 0.6 is 11.3 Å². The van der Waals surface area contributed by atoms with Crippen LogP contribution in [0.3, 0.4) is 0 Å². The van der Waals surface area contributed by atoms with Crippen LogP contribution in [0.25, 0.3) is 0 Å². The van der Waals surface area contributed by atoms with Gasteiger partial charge in [-0.2, -0.15) is 0 Å². The van der Waals surface area contributed by atoms with Crippen LogP contribution < -0.4 is 10.6 Å². The minimum absolute atomic E-state index is 0.0977. The van der Waals surface area contributed by atoms with Crippen molar-refractivity contribution in [1.29, 1.82) is 0 Å². The topological polar surface area (TPSA) is 66.9 Å². The average molecular weight is 226 g/mol. The fourth-order valence-electron chi connectivity index (χ4n) is 1.66. The van der Waals surface area contributed by atoms with Gasteiger partial charge in [-0.1, -0.05) is 11.3 Å². The van der Waals surface area contributed by atoms with E-state index in [1.165, 1.54) is 24.7 Å². The van der Waals surface area contributed by atoms with Crippen LogP contribution in [-0.2, 0) is 4.79 Å². The summed E-state index contributed by atoms with van der Waals surface area (Å²) in [5.41, 5.74) is 0. The normalized spacial score (nSPS) is 21.3. The van der Waals surface area contributed by atoms with Crippen LogP contribution in [0.15, 0.2) is 0 Å². The molecule has 6 heteroatoms. The van der Waals surface area contributed by atoms with Crippen molar-refractivity contribution >= 4 is 22.4 Å². The Hall–Kier alpha value is -1.01. The molecule has 82 valence electrons. The van der Waals surface area contributed by atoms with Gasteiger partial charge in [0.05, 0.1) is 0 Å². The van der Waals surface area contributed by atoms with Crippen molar-refractivity contribution < 1.29 is 4.79 Å². The molecule has 5 nitrogen and oxygen atoms in total. The zero-order valence-corrected chi connectivity index (χ0v) is 9.43. The lowest BCUT2D eigenvalue weighted by molar-refractivity contribution is -0.114. The molecule has 15 heavy (non-hydrogen) atoms. The smallest absolute Gasteiger partial charge is 0.223 e. The fraction of sp³-hybridized carbons (Fsp3) is 0.667. The van der Waals surface area contributed by atoms with E-state index in [9.17, 15) is 4.79 Å². The Morgan fingerprint density at radius 3 is 3.13 bits per heavy atom. The highest BCUT2D eigenvalue weighted by Gasteiger charge is 2.19. The van der Waals surface area contributed by atoms with E-state index in [0.717, 1.165) is 24.5 Å². The van der Waals surface area contributed by atoms with Crippen molar-refractivity contribution in [1.82, 2.24) is 15.5 Å². The Bertz CT molecular complexity index is 346. The molecule has 1 aliphatic rings. The highest BCUT2D eigenvalue weighted by Crippen LogP contribution is 2.27. The summed E-state index contributed by atoms with van der Waals surface area (Å²) in [6.45, 7) is 3.53. The lowest BCUT2D eigenvalue weighted by atomic mass is 10.0. The van der Waals surface area contributed by atoms with E-state index < -0.39 is 0 Å². The number of rotatable bonds is 2. The van der Waals surface area contributed by atoms with Crippen LogP contribution in [0.5, 0.6) is 0 Å². The Balaban J connectivity index is 2.02. The van der Waals surface area contributed by atoms with Crippen LogP contribution in [0, 0.1) is 0 Å². The van der Waals surface area contributed by atoms with Crippen molar-refractivity contribution in [2.75, 3.05) is 18.4 Å². The van der Waals surface area contributed by atoms with Crippen molar-refractivity contribution in [2.45, 2.75) is 25.7 Å². The summed E-state index contributed by atoms with van der Waals surface area (Å²) in [4.78, 5) is 10.8. The van der Waals surface area contributed by atoms with E-state index in [0.29, 0.717) is 11.0 Å². The summed E-state index contributed by atoms with van der Waals surface area (Å²) in [6.07, 6.45) is 2.33. The molecule has 0 spiro atoms. The molecular weight excluding hydrogens is 212 g/mol. The van der Waals surface area contributed by atoms with Crippen LogP contribution in [0.1, 0.15) is 30.7 Å². The molecule has 2 N–H and O–H groups in total. The number of carbonyl (C=O) groups excluding carboxylic acids is 1. The summed E-state index contributed by atoms with van der Waals surface area (Å²) in [6, 6.07) is 0. The third kappa shape index (κ3) is 2.73. The lowest BCUT2D eigenvalue weighted by Crippen LogP contribution is -2.28. The maximum Gasteiger partial charge on any atom is 0.223 e. The van der Waals surface area contributed by atoms with Gasteiger partial charge in [0.2, 0.25) is 11.0 Å². The van der Waals surface area contributed by atoms with Gasteiger partial charge in [0.15, 0.2) is 0 Å². The van der Waals surface area contributed by atoms with Gasteiger partial charge in [-0.25, -0.2) is 0 Å². The molecule has 0 radical (unpaired) electrons. The highest BCUT2D eigenvalue weighted by atomic mass is 32.1. The van der Waals surface area contributed by atoms with E-state index in [1.54, 1.807) is 0 Å². The summed E-state index contributed by atoms with van der Waals surface area (Å²) in [5.74, 6) is 0.359. The minimum atomic E-state index is -0.0977. The average Bonchev–Trinajstić information content (AvgIpc) is 2.67. The molecule has 1 aromatic heterocycles. The molecule has 1 atom stereocenters. The predicted molar refractivity (Wildman–Crippen MR) is 59.1 cm³/mol. The molecular formula is C9H14N4OS. The number of nitrogens with one attached hydrogen (secondary N) is 2. The fourth-order valence-corrected chi connectivity index (χ4v) is 2.59. The van der Waals surface area contributed by atoms with Crippen molar-refractivity contribution in [3.8, 4) is 0 Å². The molecule has 0 bridgehead atoms. The van der Waals surface area contributed by atoms with E-state index in [-0.39, 0.29) is 5.91 Å². The molecule has 1 amide bonds. The monoisotopic (exact) mass is 226 g/mol. The van der Waals surface area contributed by atoms with Crippen LogP contribution in [0.2, 0.25) is 0 Å². The molecule has 0 saturated carbocycles. The second-order valence-corrected chi connectivity index (χ2v) is 4.68. The number of aromatic nitrogens is 2. The number of piperidine rings is 1. The molecule has 1 aliphatic heterocycles. The maximum atomic E-state index is 10.8. The first-order valence-corrected chi connectivity index (χ1v) is 5.89. The Labute approximate surface area is 92.3 Å². The van der Waals surface area contributed by atoms with Crippen molar-refractivity contribution in [3.05, 3.63) is 5.01 Å². The third-order valence-electron chi connectivity index (χ3n) is 2.37. The first-order chi connectivity index (χ1) is 7.25. The molecule has 2 rings (SSSR count). The van der Waals surface area contributed by atoms with Crippen LogP contribution in [-0.4, -0.2) is 29.2 Å². The molecule has 1 unspecified atom stereocenters. The number of hydrogen-bond donors (Lipinski definition) is 2. The lowest BCUT2D eigenvalue weighted by Gasteiger charge is -2.19. The summed E-state index contributed by atoms with van der Waals surface area (Å²) >= 11 is 1.47. The second kappa shape index (κ2) is 4.67. The number of carbonyl (C=O) groups is 1. The van der Waals surface area contributed by atoms with E-state index >= 15 is 0 Å². The zero-order valence-electron chi connectivity index (χ0n) is 8.62. The molecule has 1 saturated heterocycles. The van der Waals surface area contributed by atoms with Gasteiger partial charge in [-0.15, -0.1) is 10.2 Å². The molecule has 1 aromatic rings. The Morgan fingerprint density at radius 1 is 1.60 bits per heavy atom. The Kier molecular flexibility index (Phi) is 3.27. The van der Waals surface area contributed by atoms with Gasteiger partial charge >= 0.3 is 0 Å². The third-order valence-corrected chi connectivity index (χ3v) is 3.37. The molecule has 0 aliphatic carbocycles. The van der Waals surface area contributed by atoms with E-state index in [2.05, 4.69) is 20.8 Å². The number of hydrogen-bond acceptors (Lipinski definition) is 5. The summed E-state index contributed by atoms with van der Waals surface area (Å²) in [7, 11) is 0. The number of anilines is 1. The zero-order chi connectivity index (χ0) is 10.7. The summed E-state index contributed by atoms with van der Waals surface area (Å²) < 4.78 is 0. The van der Waals surface area contributed by atoms with Gasteiger partial charge in [-0.05, 0) is 19.4 Å². The second-order valence-electron chi connectivity index (χ2n) is 3.67. The Morgan fingerprint density at radius 2 is 2.47 bits per heavy atom. The van der Waals surface area contributed by atoms with Crippen LogP contribution in [0.4, 0.5) is 5.13 Å². The molecule has 1 fully saturated rings. The molecule has 0 aromatic carbocycles. The first-order valence-electron chi connectivity index (χ1n) is 5.07. The highest BCUT2D eigenvalue weighted by molar-refractivity contribution is 7.15. The SMILES string of the molecule is CC(=O)Nc1nnc(C2CCCNC2)s1. The standard InChI is InChI=1S/C9H14N4OS/c1-6(14)11-9-13-12-8(15-9)7-3-2-4-10-5-7/h7,10H,2-5H2,1H3,(H,11,13,14). The number of amides is 1. The quantitative estimate of drug-likeness (QED) is 0.788. The van der Waals surface area contributed by atoms with Gasteiger partial charge in [0.25, 0.3) is 0 Å². The summed E-state index contributed by atoms with van der Waals surface area (Å²) in [5, 5.41) is 15.7. The number of nitrogens with zero attached hydrogens (tertiary/aromatic N) is 2. The predicted octanol–water partition coefficient (Wildman–Crippen LogP) is 0.963. The van der Waals surface area contributed by atoms with Crippen molar-refractivity contribution in [2.24, 2.45) is 0 Å². The minimum Gasteiger partial charge on any atom is -0.316 e. The largest absolute Gasteiger partial charge is 0.316 e. The van der Waals surface area contributed by atoms with Crippen molar-refractivity contribution in [3.63, 3.8) is 0 Å². The first kappa shape index (κ1) is 10.5. The van der Waals surface area contributed by atoms with Gasteiger partial charge < -0.3 is 10.6 Å². The van der Waals surface area contributed by atoms with E-state index in [1.807, 2.05) is 0 Å². The van der Waals surface area contributed by atoms with E-state index in [4.69, 9.17) is 0 Å². The van der Waals surface area contributed by atoms with Gasteiger partial charge in [0.1, 0.15) is 5.01 Å². The van der Waals surface area contributed by atoms with Gasteiger partial charge in [0, 0.05) is 19.4 Å².